The van der Waals surface area contributed by atoms with E-state index in [0.29, 0.717) is 19.4 Å². The molecule has 6 heteroatoms. The highest BCUT2D eigenvalue weighted by Gasteiger charge is 2.34. The zero-order chi connectivity index (χ0) is 10.6. The number of nitro groups is 1. The van der Waals surface area contributed by atoms with Gasteiger partial charge in [0.1, 0.15) is 0 Å². The minimum absolute atomic E-state index is 0.232. The molecular formula is C8H12N2O4. The van der Waals surface area contributed by atoms with Gasteiger partial charge >= 0.3 is 5.91 Å². The van der Waals surface area contributed by atoms with Gasteiger partial charge in [0.05, 0.1) is 0 Å². The van der Waals surface area contributed by atoms with Crippen LogP contribution in [0.2, 0.25) is 0 Å². The van der Waals surface area contributed by atoms with Gasteiger partial charge in [-0.3, -0.25) is 24.6 Å². The van der Waals surface area contributed by atoms with E-state index >= 15 is 0 Å². The normalized spacial score (nSPS) is 23.9. The lowest BCUT2D eigenvalue weighted by Crippen LogP contribution is -2.43. The second kappa shape index (κ2) is 4.69. The van der Waals surface area contributed by atoms with Crippen molar-refractivity contribution in [3.8, 4) is 0 Å². The van der Waals surface area contributed by atoms with Crippen molar-refractivity contribution in [1.29, 1.82) is 0 Å². The van der Waals surface area contributed by atoms with Crippen LogP contribution in [0.4, 0.5) is 0 Å². The Labute approximate surface area is 81.0 Å². The lowest BCUT2D eigenvalue weighted by Gasteiger charge is -2.20. The summed E-state index contributed by atoms with van der Waals surface area (Å²) in [5.41, 5.74) is 0. The number of imide groups is 1. The van der Waals surface area contributed by atoms with Crippen LogP contribution in [0.25, 0.3) is 0 Å². The fourth-order valence-corrected chi connectivity index (χ4v) is 1.52. The summed E-state index contributed by atoms with van der Waals surface area (Å²) in [7, 11) is 0. The van der Waals surface area contributed by atoms with E-state index in [0.717, 1.165) is 17.7 Å². The van der Waals surface area contributed by atoms with E-state index in [1.165, 1.54) is 0 Å². The van der Waals surface area contributed by atoms with Gasteiger partial charge in [-0.15, -0.1) is 0 Å². The number of likely N-dealkylation sites (tertiary alicyclic amines) is 1. The van der Waals surface area contributed by atoms with E-state index < -0.39 is 16.9 Å². The maximum atomic E-state index is 11.4. The van der Waals surface area contributed by atoms with Crippen LogP contribution in [0.1, 0.15) is 25.7 Å². The molecule has 6 nitrogen and oxygen atoms in total. The van der Waals surface area contributed by atoms with E-state index in [1.807, 2.05) is 0 Å². The Kier molecular flexibility index (Phi) is 3.55. The van der Waals surface area contributed by atoms with Crippen molar-refractivity contribution >= 4 is 12.3 Å². The number of carbonyl (C=O) groups excluding carboxylic acids is 2. The molecule has 0 aromatic carbocycles. The zero-order valence-electron chi connectivity index (χ0n) is 7.72. The van der Waals surface area contributed by atoms with Crippen LogP contribution in [0.15, 0.2) is 0 Å². The molecule has 1 aliphatic heterocycles. The number of nitrogens with zero attached hydrogens (tertiary/aromatic N) is 2. The fraction of sp³-hybridized carbons (Fsp3) is 0.750. The molecule has 0 aromatic heterocycles. The summed E-state index contributed by atoms with van der Waals surface area (Å²) in [6, 6.07) is -1.24. The highest BCUT2D eigenvalue weighted by Crippen LogP contribution is 2.13. The maximum absolute atomic E-state index is 11.4. The van der Waals surface area contributed by atoms with E-state index in [1.54, 1.807) is 0 Å². The number of amides is 2. The smallest absolute Gasteiger partial charge is 0.279 e. The third-order valence-corrected chi connectivity index (χ3v) is 2.33. The Morgan fingerprint density at radius 1 is 1.43 bits per heavy atom. The zero-order valence-corrected chi connectivity index (χ0v) is 7.72. The fourth-order valence-electron chi connectivity index (χ4n) is 1.52. The lowest BCUT2D eigenvalue weighted by molar-refractivity contribution is -0.509. The molecule has 0 radical (unpaired) electrons. The van der Waals surface area contributed by atoms with Crippen molar-refractivity contribution in [1.82, 2.24) is 4.90 Å². The van der Waals surface area contributed by atoms with Crippen LogP contribution in [0, 0.1) is 10.1 Å². The Bertz CT molecular complexity index is 254. The van der Waals surface area contributed by atoms with Crippen molar-refractivity contribution in [2.45, 2.75) is 31.7 Å². The molecule has 1 rings (SSSR count). The largest absolute Gasteiger partial charge is 0.303 e. The molecule has 78 valence electrons. The van der Waals surface area contributed by atoms with Crippen molar-refractivity contribution in [2.75, 3.05) is 6.54 Å². The average molecular weight is 200 g/mol. The van der Waals surface area contributed by atoms with Crippen molar-refractivity contribution in [3.63, 3.8) is 0 Å². The SMILES string of the molecule is O=CN1CCCCCC([N+](=O)[O-])C1=O. The summed E-state index contributed by atoms with van der Waals surface area (Å²) >= 11 is 0. The number of hydrogen-bond acceptors (Lipinski definition) is 4. The number of carbonyl (C=O) groups is 2. The van der Waals surface area contributed by atoms with Crippen molar-refractivity contribution in [2.24, 2.45) is 0 Å². The second-order valence-electron chi connectivity index (χ2n) is 3.29. The monoisotopic (exact) mass is 200 g/mol. The summed E-state index contributed by atoms with van der Waals surface area (Å²) in [6.45, 7) is 0.298. The Morgan fingerprint density at radius 2 is 2.14 bits per heavy atom. The lowest BCUT2D eigenvalue weighted by atomic mass is 10.0. The van der Waals surface area contributed by atoms with Crippen LogP contribution in [0.3, 0.4) is 0 Å². The van der Waals surface area contributed by atoms with Gasteiger partial charge in [0.25, 0.3) is 6.04 Å². The van der Waals surface area contributed by atoms with E-state index in [4.69, 9.17) is 0 Å². The first kappa shape index (κ1) is 10.6. The molecule has 0 bridgehead atoms. The highest BCUT2D eigenvalue weighted by molar-refractivity contribution is 5.89. The molecule has 0 aromatic rings. The first-order chi connectivity index (χ1) is 6.66. The summed E-state index contributed by atoms with van der Waals surface area (Å²) in [5.74, 6) is -0.676. The minimum Gasteiger partial charge on any atom is -0.279 e. The third kappa shape index (κ3) is 2.27. The highest BCUT2D eigenvalue weighted by atomic mass is 16.6. The Balaban J connectivity index is 2.76. The summed E-state index contributed by atoms with van der Waals surface area (Å²) in [6.07, 6.45) is 2.83. The minimum atomic E-state index is -1.24. The standard InChI is InChI=1S/C8H12N2O4/c11-6-9-5-3-1-2-4-7(8(9)12)10(13)14/h6-7H,1-5H2. The van der Waals surface area contributed by atoms with E-state index in [2.05, 4.69) is 0 Å². The summed E-state index contributed by atoms with van der Waals surface area (Å²) < 4.78 is 0. The van der Waals surface area contributed by atoms with Crippen LogP contribution >= 0.6 is 0 Å². The Hall–Kier alpha value is -1.46. The van der Waals surface area contributed by atoms with Gasteiger partial charge in [0.2, 0.25) is 6.41 Å². The molecule has 1 fully saturated rings. The van der Waals surface area contributed by atoms with Gasteiger partial charge in [-0.05, 0) is 12.8 Å². The molecule has 2 amide bonds. The van der Waals surface area contributed by atoms with Crippen LogP contribution < -0.4 is 0 Å². The van der Waals surface area contributed by atoms with Gasteiger partial charge in [-0.2, -0.15) is 0 Å². The molecule has 1 aliphatic rings. The summed E-state index contributed by atoms with van der Waals surface area (Å²) in [4.78, 5) is 32.7. The predicted molar refractivity (Wildman–Crippen MR) is 47.0 cm³/mol. The predicted octanol–water partition coefficient (Wildman–Crippen LogP) is 0.191. The number of hydrogen-bond donors (Lipinski definition) is 0. The molecular weight excluding hydrogens is 188 g/mol. The van der Waals surface area contributed by atoms with E-state index in [-0.39, 0.29) is 6.42 Å². The first-order valence-corrected chi connectivity index (χ1v) is 4.56. The van der Waals surface area contributed by atoms with Crippen LogP contribution in [-0.2, 0) is 9.59 Å². The molecule has 14 heavy (non-hydrogen) atoms. The second-order valence-corrected chi connectivity index (χ2v) is 3.29. The van der Waals surface area contributed by atoms with Gasteiger partial charge in [-0.25, -0.2) is 0 Å². The van der Waals surface area contributed by atoms with Crippen molar-refractivity contribution in [3.05, 3.63) is 10.1 Å². The molecule has 1 saturated heterocycles. The molecule has 1 unspecified atom stereocenters. The molecule has 0 spiro atoms. The van der Waals surface area contributed by atoms with Gasteiger partial charge < -0.3 is 0 Å². The first-order valence-electron chi connectivity index (χ1n) is 4.56. The molecule has 0 N–H and O–H groups in total. The number of rotatable bonds is 2. The van der Waals surface area contributed by atoms with Gasteiger partial charge in [0, 0.05) is 17.9 Å². The third-order valence-electron chi connectivity index (χ3n) is 2.33. The quantitative estimate of drug-likeness (QED) is 0.362. The van der Waals surface area contributed by atoms with Gasteiger partial charge in [0.15, 0.2) is 0 Å². The van der Waals surface area contributed by atoms with E-state index in [9.17, 15) is 19.7 Å². The molecule has 0 aliphatic carbocycles. The average Bonchev–Trinajstić information content (AvgIpc) is 2.12. The molecule has 1 heterocycles. The van der Waals surface area contributed by atoms with Crippen molar-refractivity contribution < 1.29 is 14.5 Å². The Morgan fingerprint density at radius 3 is 2.71 bits per heavy atom. The topological polar surface area (TPSA) is 80.5 Å². The summed E-state index contributed by atoms with van der Waals surface area (Å²) in [5, 5.41) is 10.5. The molecule has 1 atom stereocenters. The molecule has 0 saturated carbocycles. The maximum Gasteiger partial charge on any atom is 0.303 e. The van der Waals surface area contributed by atoms with Crippen LogP contribution in [-0.4, -0.2) is 34.7 Å². The van der Waals surface area contributed by atoms with Gasteiger partial charge in [-0.1, -0.05) is 6.42 Å². The van der Waals surface area contributed by atoms with Crippen LogP contribution in [0.5, 0.6) is 0 Å².